The summed E-state index contributed by atoms with van der Waals surface area (Å²) in [5.74, 6) is 1.14. The van der Waals surface area contributed by atoms with Crippen LogP contribution in [0.1, 0.15) is 91.1 Å². The van der Waals surface area contributed by atoms with Crippen molar-refractivity contribution in [3.05, 3.63) is 53.1 Å². The number of nitrogens with zero attached hydrogens (tertiary/aromatic N) is 3. The molecular weight excluding hydrogens is 598 g/mol. The largest absolute Gasteiger partial charge is 0.497 e. The van der Waals surface area contributed by atoms with Gasteiger partial charge in [-0.1, -0.05) is 31.7 Å². The van der Waals surface area contributed by atoms with Crippen molar-refractivity contribution in [1.82, 2.24) is 23.8 Å². The van der Waals surface area contributed by atoms with E-state index >= 15 is 0 Å². The van der Waals surface area contributed by atoms with Crippen molar-refractivity contribution in [3.8, 4) is 17.0 Å². The van der Waals surface area contributed by atoms with Crippen molar-refractivity contribution < 1.29 is 17.9 Å². The van der Waals surface area contributed by atoms with Gasteiger partial charge in [0.25, 0.3) is 5.91 Å². The first-order valence-corrected chi connectivity index (χ1v) is 18.6. The quantitative estimate of drug-likeness (QED) is 0.337. The van der Waals surface area contributed by atoms with Crippen LogP contribution in [0.25, 0.3) is 22.2 Å². The van der Waals surface area contributed by atoms with Gasteiger partial charge in [0.05, 0.1) is 12.8 Å². The van der Waals surface area contributed by atoms with Gasteiger partial charge in [0, 0.05) is 67.2 Å². The Hall–Kier alpha value is -2.92. The minimum absolute atomic E-state index is 0.0412. The van der Waals surface area contributed by atoms with Gasteiger partial charge < -0.3 is 19.5 Å². The van der Waals surface area contributed by atoms with Crippen molar-refractivity contribution in [2.45, 2.75) is 82.2 Å². The lowest BCUT2D eigenvalue weighted by Crippen LogP contribution is -2.41. The first-order valence-electron chi connectivity index (χ1n) is 17.1. The minimum Gasteiger partial charge on any atom is -0.497 e. The van der Waals surface area contributed by atoms with E-state index in [9.17, 15) is 13.2 Å². The summed E-state index contributed by atoms with van der Waals surface area (Å²) in [5.41, 5.74) is 6.73. The van der Waals surface area contributed by atoms with Crippen molar-refractivity contribution in [2.75, 3.05) is 47.9 Å². The molecule has 1 amide bonds. The van der Waals surface area contributed by atoms with E-state index in [-0.39, 0.29) is 5.41 Å². The summed E-state index contributed by atoms with van der Waals surface area (Å²) < 4.78 is 36.6. The highest BCUT2D eigenvalue weighted by Gasteiger charge is 2.57. The molecule has 46 heavy (non-hydrogen) atoms. The van der Waals surface area contributed by atoms with Gasteiger partial charge in [-0.2, -0.15) is 12.7 Å². The lowest BCUT2D eigenvalue weighted by molar-refractivity contribution is 0.0980. The Morgan fingerprint density at radius 3 is 2.59 bits per heavy atom. The van der Waals surface area contributed by atoms with Gasteiger partial charge in [0.15, 0.2) is 0 Å². The number of likely N-dealkylation sites (tertiary alicyclic amines) is 1. The summed E-state index contributed by atoms with van der Waals surface area (Å²) in [7, 11) is 2.90. The third kappa shape index (κ3) is 5.76. The zero-order chi connectivity index (χ0) is 32.2. The molecule has 2 N–H and O–H groups in total. The Morgan fingerprint density at radius 2 is 1.83 bits per heavy atom. The molecule has 10 heteroatoms. The smallest absolute Gasteiger partial charge is 0.303 e. The van der Waals surface area contributed by atoms with Gasteiger partial charge >= 0.3 is 10.2 Å². The van der Waals surface area contributed by atoms with Crippen LogP contribution in [0.2, 0.25) is 0 Å². The number of hydrogen-bond acceptors (Lipinski definition) is 6. The zero-order valence-corrected chi connectivity index (χ0v) is 28.6. The van der Waals surface area contributed by atoms with Crippen LogP contribution in [0.15, 0.2) is 36.4 Å². The fourth-order valence-electron chi connectivity index (χ4n) is 8.59. The number of hydrogen-bond donors (Lipinski definition) is 2. The molecule has 2 aliphatic carbocycles. The minimum atomic E-state index is -3.91. The van der Waals surface area contributed by atoms with Crippen molar-refractivity contribution in [1.29, 1.82) is 0 Å². The van der Waals surface area contributed by atoms with E-state index in [4.69, 9.17) is 4.74 Å². The van der Waals surface area contributed by atoms with Gasteiger partial charge in [0.2, 0.25) is 0 Å². The normalized spacial score (nSPS) is 25.3. The highest BCUT2D eigenvalue weighted by Crippen LogP contribution is 2.65. The first-order chi connectivity index (χ1) is 22.1. The van der Waals surface area contributed by atoms with Crippen LogP contribution in [0.3, 0.4) is 0 Å². The molecule has 0 radical (unpaired) electrons. The van der Waals surface area contributed by atoms with E-state index in [1.165, 1.54) is 80.4 Å². The van der Waals surface area contributed by atoms with E-state index in [1.807, 2.05) is 6.07 Å². The summed E-state index contributed by atoms with van der Waals surface area (Å²) in [5, 5.41) is 5.21. The van der Waals surface area contributed by atoms with Crippen LogP contribution in [-0.2, 0) is 16.8 Å². The van der Waals surface area contributed by atoms with Crippen LogP contribution in [-0.4, -0.2) is 82.0 Å². The molecule has 248 valence electrons. The highest BCUT2D eigenvalue weighted by molar-refractivity contribution is 7.87. The first kappa shape index (κ1) is 31.7. The van der Waals surface area contributed by atoms with Gasteiger partial charge in [-0.25, -0.2) is 4.72 Å². The fourth-order valence-corrected chi connectivity index (χ4v) is 9.12. The van der Waals surface area contributed by atoms with Gasteiger partial charge in [-0.15, -0.1) is 0 Å². The lowest BCUT2D eigenvalue weighted by Gasteiger charge is -2.26. The Kier molecular flexibility index (Phi) is 8.45. The SMILES string of the molecule is COc1ccc2c(c1)C1CC1(CNC1CCCCN(C)C1)Cn1c-2c(C2CCCCC2)c2ccc(C(=O)NS(=O)(=O)N(C)C)cc21. The molecule has 4 aliphatic rings. The van der Waals surface area contributed by atoms with Crippen LogP contribution < -0.4 is 14.8 Å². The van der Waals surface area contributed by atoms with E-state index < -0.39 is 16.1 Å². The van der Waals surface area contributed by atoms with Gasteiger partial charge in [0.1, 0.15) is 5.75 Å². The molecule has 2 aliphatic heterocycles. The number of carbonyl (C=O) groups excluding carboxylic acids is 1. The van der Waals surface area contributed by atoms with Crippen molar-refractivity contribution in [3.63, 3.8) is 0 Å². The molecule has 2 aromatic carbocycles. The number of amides is 1. The van der Waals surface area contributed by atoms with Crippen LogP contribution in [0.4, 0.5) is 0 Å². The van der Waals surface area contributed by atoms with E-state index in [1.54, 1.807) is 13.2 Å². The summed E-state index contributed by atoms with van der Waals surface area (Å²) in [4.78, 5) is 15.8. The van der Waals surface area contributed by atoms with Crippen LogP contribution >= 0.6 is 0 Å². The van der Waals surface area contributed by atoms with Crippen LogP contribution in [0.5, 0.6) is 5.75 Å². The molecule has 3 aromatic rings. The summed E-state index contributed by atoms with van der Waals surface area (Å²) in [6, 6.07) is 12.9. The number of benzene rings is 2. The number of aromatic nitrogens is 1. The molecule has 0 bridgehead atoms. The molecule has 1 aromatic heterocycles. The molecule has 2 saturated carbocycles. The van der Waals surface area contributed by atoms with E-state index in [0.717, 1.165) is 61.0 Å². The molecule has 7 rings (SSSR count). The number of ether oxygens (including phenoxy) is 1. The second-order valence-corrected chi connectivity index (χ2v) is 16.4. The molecule has 9 nitrogen and oxygen atoms in total. The maximum Gasteiger partial charge on any atom is 0.303 e. The van der Waals surface area contributed by atoms with Crippen LogP contribution in [0, 0.1) is 5.41 Å². The number of nitrogens with one attached hydrogen (secondary N) is 2. The number of likely N-dealkylation sites (N-methyl/N-ethyl adjacent to an activating group) is 1. The Labute approximate surface area is 273 Å². The predicted octanol–water partition coefficient (Wildman–Crippen LogP) is 5.46. The standard InChI is InChI=1S/C36H49N5O4S/c1-39(2)46(43,44)38-35(42)25-13-15-29-32(18-25)41-23-36(22-37-26-12-8-9-17-40(3)21-26)20-31(36)30-19-27(45-4)14-16-28(30)34(41)33(29)24-10-6-5-7-11-24/h13-16,18-19,24,26,31,37H,5-12,17,20-23H2,1-4H3,(H,38,42). The Morgan fingerprint density at radius 1 is 1.04 bits per heavy atom. The third-order valence-electron chi connectivity index (χ3n) is 11.3. The topological polar surface area (TPSA) is 95.9 Å². The van der Waals surface area contributed by atoms with E-state index in [0.29, 0.717) is 23.4 Å². The third-order valence-corrected chi connectivity index (χ3v) is 12.7. The summed E-state index contributed by atoms with van der Waals surface area (Å²) >= 11 is 0. The monoisotopic (exact) mass is 647 g/mol. The van der Waals surface area contributed by atoms with Gasteiger partial charge in [-0.3, -0.25) is 4.79 Å². The molecule has 3 atom stereocenters. The molecule has 1 saturated heterocycles. The lowest BCUT2D eigenvalue weighted by atomic mass is 9.81. The second-order valence-electron chi connectivity index (χ2n) is 14.5. The maximum atomic E-state index is 13.3. The predicted molar refractivity (Wildman–Crippen MR) is 183 cm³/mol. The zero-order valence-electron chi connectivity index (χ0n) is 27.8. The maximum absolute atomic E-state index is 13.3. The molecule has 3 heterocycles. The Bertz CT molecular complexity index is 1740. The average Bonchev–Trinajstić information content (AvgIpc) is 3.74. The van der Waals surface area contributed by atoms with Crippen molar-refractivity contribution >= 4 is 27.0 Å². The van der Waals surface area contributed by atoms with Crippen molar-refractivity contribution in [2.24, 2.45) is 5.41 Å². The fraction of sp³-hybridized carbons (Fsp3) is 0.583. The van der Waals surface area contributed by atoms with E-state index in [2.05, 4.69) is 50.8 Å². The molecule has 3 fully saturated rings. The van der Waals surface area contributed by atoms with Gasteiger partial charge in [-0.05, 0) is 99.0 Å². The number of carbonyl (C=O) groups is 1. The summed E-state index contributed by atoms with van der Waals surface area (Å²) in [6.07, 6.45) is 10.8. The second kappa shape index (κ2) is 12.3. The number of fused-ring (bicyclic) bond motifs is 7. The highest BCUT2D eigenvalue weighted by atomic mass is 32.2. The average molecular weight is 648 g/mol. The molecular formula is C36H49N5O4S. The molecule has 3 unspecified atom stereocenters. The number of methoxy groups -OCH3 is 1. The Balaban J connectivity index is 1.36. The summed E-state index contributed by atoms with van der Waals surface area (Å²) in [6.45, 7) is 4.02. The molecule has 0 spiro atoms. The number of rotatable bonds is 8.